The van der Waals surface area contributed by atoms with Gasteiger partial charge in [-0.3, -0.25) is 0 Å². The van der Waals surface area contributed by atoms with E-state index < -0.39 is 5.97 Å². The SMILES string of the molecule is COC(=O)/C=C/C(C)Oc1ccc(Oc2ncc(Cl)cc2Cl)cc1. The number of esters is 1. The van der Waals surface area contributed by atoms with Crippen molar-refractivity contribution in [2.75, 3.05) is 7.11 Å². The summed E-state index contributed by atoms with van der Waals surface area (Å²) in [6.45, 7) is 1.81. The molecule has 1 atom stereocenters. The van der Waals surface area contributed by atoms with E-state index in [0.29, 0.717) is 21.5 Å². The van der Waals surface area contributed by atoms with Crippen LogP contribution in [0.25, 0.3) is 0 Å². The van der Waals surface area contributed by atoms with Gasteiger partial charge >= 0.3 is 5.97 Å². The number of carbonyl (C=O) groups excluding carboxylic acids is 1. The van der Waals surface area contributed by atoms with Crippen LogP contribution in [0, 0.1) is 0 Å². The zero-order chi connectivity index (χ0) is 17.5. The Kier molecular flexibility index (Phi) is 6.46. The van der Waals surface area contributed by atoms with Crippen molar-refractivity contribution in [2.45, 2.75) is 13.0 Å². The fourth-order valence-corrected chi connectivity index (χ4v) is 2.13. The lowest BCUT2D eigenvalue weighted by molar-refractivity contribution is -0.134. The molecule has 0 amide bonds. The van der Waals surface area contributed by atoms with Crippen molar-refractivity contribution >= 4 is 29.2 Å². The molecule has 126 valence electrons. The molecule has 0 fully saturated rings. The van der Waals surface area contributed by atoms with Crippen LogP contribution in [0.3, 0.4) is 0 Å². The highest BCUT2D eigenvalue weighted by Gasteiger charge is 2.07. The molecule has 5 nitrogen and oxygen atoms in total. The molecule has 0 N–H and O–H groups in total. The van der Waals surface area contributed by atoms with Crippen LogP contribution in [0.1, 0.15) is 6.92 Å². The number of hydrogen-bond acceptors (Lipinski definition) is 5. The molecule has 0 aliphatic heterocycles. The second-order valence-electron chi connectivity index (χ2n) is 4.72. The molecule has 1 heterocycles. The normalized spacial score (nSPS) is 12.0. The highest BCUT2D eigenvalue weighted by atomic mass is 35.5. The molecule has 24 heavy (non-hydrogen) atoms. The van der Waals surface area contributed by atoms with Gasteiger partial charge in [0.25, 0.3) is 0 Å². The average molecular weight is 368 g/mol. The van der Waals surface area contributed by atoms with Gasteiger partial charge in [0.15, 0.2) is 0 Å². The lowest BCUT2D eigenvalue weighted by atomic mass is 10.3. The van der Waals surface area contributed by atoms with Gasteiger partial charge < -0.3 is 14.2 Å². The van der Waals surface area contributed by atoms with Gasteiger partial charge in [-0.1, -0.05) is 23.2 Å². The number of benzene rings is 1. The summed E-state index contributed by atoms with van der Waals surface area (Å²) >= 11 is 11.8. The van der Waals surface area contributed by atoms with E-state index in [9.17, 15) is 4.79 Å². The molecule has 1 unspecified atom stereocenters. The van der Waals surface area contributed by atoms with Gasteiger partial charge in [0.05, 0.1) is 12.1 Å². The molecule has 0 saturated carbocycles. The summed E-state index contributed by atoms with van der Waals surface area (Å²) in [6, 6.07) is 8.47. The third-order valence-corrected chi connectivity index (χ3v) is 3.32. The van der Waals surface area contributed by atoms with Crippen molar-refractivity contribution in [3.8, 4) is 17.4 Å². The Labute approximate surface area is 149 Å². The summed E-state index contributed by atoms with van der Waals surface area (Å²) in [4.78, 5) is 15.1. The largest absolute Gasteiger partial charge is 0.487 e. The molecule has 2 rings (SSSR count). The van der Waals surface area contributed by atoms with Crippen LogP contribution in [-0.4, -0.2) is 24.2 Å². The van der Waals surface area contributed by atoms with Crippen LogP contribution in [0.5, 0.6) is 17.4 Å². The topological polar surface area (TPSA) is 57.7 Å². The first kappa shape index (κ1) is 18.1. The number of halogens is 2. The zero-order valence-electron chi connectivity index (χ0n) is 13.0. The molecule has 0 bridgehead atoms. The number of hydrogen-bond donors (Lipinski definition) is 0. The van der Waals surface area contributed by atoms with Gasteiger partial charge in [-0.15, -0.1) is 0 Å². The standard InChI is InChI=1S/C17H15Cl2NO4/c1-11(3-8-16(21)22-2)23-13-4-6-14(7-5-13)24-17-15(19)9-12(18)10-20-17/h3-11H,1-2H3/b8-3+. The van der Waals surface area contributed by atoms with E-state index in [1.54, 1.807) is 43.3 Å². The molecule has 0 radical (unpaired) electrons. The first-order valence-corrected chi connectivity index (χ1v) is 7.75. The molecular weight excluding hydrogens is 353 g/mol. The van der Waals surface area contributed by atoms with Crippen LogP contribution < -0.4 is 9.47 Å². The number of ether oxygens (including phenoxy) is 3. The second kappa shape index (κ2) is 8.57. The maximum absolute atomic E-state index is 11.0. The summed E-state index contributed by atoms with van der Waals surface area (Å²) in [5.41, 5.74) is 0. The Morgan fingerprint density at radius 1 is 1.21 bits per heavy atom. The van der Waals surface area contributed by atoms with Crippen molar-refractivity contribution in [1.82, 2.24) is 4.98 Å². The molecule has 1 aromatic carbocycles. The first-order valence-electron chi connectivity index (χ1n) is 6.99. The van der Waals surface area contributed by atoms with Gasteiger partial charge in [0.2, 0.25) is 5.88 Å². The van der Waals surface area contributed by atoms with Crippen LogP contribution in [0.15, 0.2) is 48.7 Å². The fourth-order valence-electron chi connectivity index (χ4n) is 1.71. The van der Waals surface area contributed by atoms with E-state index in [1.165, 1.54) is 19.4 Å². The van der Waals surface area contributed by atoms with E-state index >= 15 is 0 Å². The number of nitrogens with zero attached hydrogens (tertiary/aromatic N) is 1. The van der Waals surface area contributed by atoms with Gasteiger partial charge in [0.1, 0.15) is 22.6 Å². The van der Waals surface area contributed by atoms with Gasteiger partial charge in [-0.05, 0) is 43.3 Å². The molecule has 0 aliphatic carbocycles. The fraction of sp³-hybridized carbons (Fsp3) is 0.176. The van der Waals surface area contributed by atoms with Crippen molar-refractivity contribution in [3.05, 3.63) is 58.7 Å². The summed E-state index contributed by atoms with van der Waals surface area (Å²) in [5.74, 6) is 1.02. The minimum absolute atomic E-state index is 0.268. The van der Waals surface area contributed by atoms with Crippen molar-refractivity contribution in [1.29, 1.82) is 0 Å². The molecular formula is C17H15Cl2NO4. The molecule has 0 saturated heterocycles. The van der Waals surface area contributed by atoms with Gasteiger partial charge in [0, 0.05) is 12.3 Å². The third-order valence-electron chi connectivity index (χ3n) is 2.84. The number of carbonyl (C=O) groups is 1. The van der Waals surface area contributed by atoms with Crippen LogP contribution in [-0.2, 0) is 9.53 Å². The van der Waals surface area contributed by atoms with E-state index in [4.69, 9.17) is 32.7 Å². The Bertz CT molecular complexity index is 732. The van der Waals surface area contributed by atoms with Crippen molar-refractivity contribution in [3.63, 3.8) is 0 Å². The zero-order valence-corrected chi connectivity index (χ0v) is 14.5. The lowest BCUT2D eigenvalue weighted by Crippen LogP contribution is -2.09. The van der Waals surface area contributed by atoms with Crippen LogP contribution >= 0.6 is 23.2 Å². The molecule has 1 aromatic heterocycles. The predicted octanol–water partition coefficient (Wildman–Crippen LogP) is 4.68. The maximum Gasteiger partial charge on any atom is 0.330 e. The lowest BCUT2D eigenvalue weighted by Gasteiger charge is -2.12. The van der Waals surface area contributed by atoms with E-state index in [2.05, 4.69) is 9.72 Å². The summed E-state index contributed by atoms with van der Waals surface area (Å²) in [7, 11) is 1.32. The number of methoxy groups -OCH3 is 1. The highest BCUT2D eigenvalue weighted by Crippen LogP contribution is 2.29. The minimum Gasteiger partial charge on any atom is -0.487 e. The van der Waals surface area contributed by atoms with E-state index in [0.717, 1.165) is 0 Å². The third kappa shape index (κ3) is 5.44. The smallest absolute Gasteiger partial charge is 0.330 e. The second-order valence-corrected chi connectivity index (χ2v) is 5.56. The number of pyridine rings is 1. The van der Waals surface area contributed by atoms with Gasteiger partial charge in [-0.2, -0.15) is 0 Å². The van der Waals surface area contributed by atoms with E-state index in [1.807, 2.05) is 0 Å². The summed E-state index contributed by atoms with van der Waals surface area (Å²) in [5, 5.41) is 0.759. The molecule has 0 aliphatic rings. The minimum atomic E-state index is -0.429. The summed E-state index contributed by atoms with van der Waals surface area (Å²) in [6.07, 6.45) is 4.09. The number of rotatable bonds is 6. The summed E-state index contributed by atoms with van der Waals surface area (Å²) < 4.78 is 15.7. The molecule has 2 aromatic rings. The van der Waals surface area contributed by atoms with Crippen molar-refractivity contribution < 1.29 is 19.0 Å². The van der Waals surface area contributed by atoms with Crippen LogP contribution in [0.4, 0.5) is 0 Å². The Balaban J connectivity index is 1.97. The average Bonchev–Trinajstić information content (AvgIpc) is 2.57. The predicted molar refractivity (Wildman–Crippen MR) is 92.0 cm³/mol. The quantitative estimate of drug-likeness (QED) is 0.548. The van der Waals surface area contributed by atoms with E-state index in [-0.39, 0.29) is 12.0 Å². The molecule has 0 spiro atoms. The Morgan fingerprint density at radius 3 is 2.50 bits per heavy atom. The molecule has 7 heteroatoms. The van der Waals surface area contributed by atoms with Crippen LogP contribution in [0.2, 0.25) is 10.0 Å². The first-order chi connectivity index (χ1) is 11.5. The Morgan fingerprint density at radius 2 is 1.88 bits per heavy atom. The maximum atomic E-state index is 11.0. The highest BCUT2D eigenvalue weighted by molar-refractivity contribution is 6.35. The Hall–Kier alpha value is -2.24. The number of aromatic nitrogens is 1. The monoisotopic (exact) mass is 367 g/mol. The van der Waals surface area contributed by atoms with Crippen molar-refractivity contribution in [2.24, 2.45) is 0 Å². The van der Waals surface area contributed by atoms with Gasteiger partial charge in [-0.25, -0.2) is 9.78 Å².